The number of alkyl halides is 3. The molecule has 0 bridgehead atoms. The topological polar surface area (TPSA) is 54.7 Å². The van der Waals surface area contributed by atoms with E-state index in [1.54, 1.807) is 0 Å². The minimum Gasteiger partial charge on any atom is -0.337 e. The summed E-state index contributed by atoms with van der Waals surface area (Å²) in [5.41, 5.74) is 4.57. The van der Waals surface area contributed by atoms with E-state index in [4.69, 9.17) is 5.73 Å². The lowest BCUT2D eigenvalue weighted by molar-refractivity contribution is -0.141. The molecule has 0 saturated carbocycles. The predicted molar refractivity (Wildman–Crippen MR) is 50.0 cm³/mol. The Morgan fingerprint density at radius 1 is 1.33 bits per heavy atom. The third-order valence-electron chi connectivity index (χ3n) is 2.13. The van der Waals surface area contributed by atoms with Crippen LogP contribution in [-0.4, -0.2) is 9.97 Å². The molecule has 0 radical (unpaired) electrons. The molecule has 0 aliphatic heterocycles. The van der Waals surface area contributed by atoms with Gasteiger partial charge in [-0.05, 0) is 5.41 Å². The largest absolute Gasteiger partial charge is 0.432 e. The first-order valence-corrected chi connectivity index (χ1v) is 4.50. The van der Waals surface area contributed by atoms with E-state index in [1.165, 1.54) is 0 Å². The first-order valence-electron chi connectivity index (χ1n) is 4.50. The highest BCUT2D eigenvalue weighted by Gasteiger charge is 2.34. The number of halogens is 3. The maximum atomic E-state index is 12.2. The third-order valence-corrected chi connectivity index (χ3v) is 2.13. The lowest BCUT2D eigenvalue weighted by atomic mass is 9.87. The van der Waals surface area contributed by atoms with Gasteiger partial charge >= 0.3 is 6.18 Å². The molecule has 1 atom stereocenters. The van der Waals surface area contributed by atoms with Gasteiger partial charge in [0.1, 0.15) is 11.5 Å². The molecule has 0 aliphatic carbocycles. The summed E-state index contributed by atoms with van der Waals surface area (Å²) < 4.78 is 36.7. The van der Waals surface area contributed by atoms with Gasteiger partial charge in [0.15, 0.2) is 0 Å². The maximum Gasteiger partial charge on any atom is 0.432 e. The summed E-state index contributed by atoms with van der Waals surface area (Å²) in [5, 5.41) is 0. The second-order valence-corrected chi connectivity index (χ2v) is 4.52. The Labute approximate surface area is 85.9 Å². The average Bonchev–Trinajstić information content (AvgIpc) is 2.47. The lowest BCUT2D eigenvalue weighted by Gasteiger charge is -2.25. The zero-order chi connectivity index (χ0) is 11.9. The van der Waals surface area contributed by atoms with E-state index in [1.807, 2.05) is 20.8 Å². The first kappa shape index (κ1) is 12.0. The van der Waals surface area contributed by atoms with Crippen LogP contribution < -0.4 is 5.73 Å². The summed E-state index contributed by atoms with van der Waals surface area (Å²) in [4.78, 5) is 5.85. The molecule has 0 fully saturated rings. The summed E-state index contributed by atoms with van der Waals surface area (Å²) in [6.07, 6.45) is -3.64. The van der Waals surface area contributed by atoms with Crippen molar-refractivity contribution in [2.75, 3.05) is 0 Å². The van der Waals surface area contributed by atoms with E-state index in [9.17, 15) is 13.2 Å². The number of nitrogens with two attached hydrogens (primary N) is 1. The number of nitrogens with zero attached hydrogens (tertiary/aromatic N) is 1. The SMILES string of the molecule is CC(C)(C)[C@H](N)c1ncc(C(F)(F)F)[nH]1. The molecule has 86 valence electrons. The fourth-order valence-corrected chi connectivity index (χ4v) is 1.05. The number of rotatable bonds is 1. The fourth-order valence-electron chi connectivity index (χ4n) is 1.05. The molecule has 0 unspecified atom stereocenters. The van der Waals surface area contributed by atoms with Crippen molar-refractivity contribution in [1.29, 1.82) is 0 Å². The van der Waals surface area contributed by atoms with Crippen LogP contribution in [0.1, 0.15) is 38.3 Å². The Kier molecular flexibility index (Phi) is 2.82. The number of hydrogen-bond donors (Lipinski definition) is 2. The Bertz CT molecular complexity index is 335. The molecule has 1 heterocycles. The second-order valence-electron chi connectivity index (χ2n) is 4.52. The Morgan fingerprint density at radius 2 is 1.87 bits per heavy atom. The molecular formula is C9H14F3N3. The number of nitrogens with one attached hydrogen (secondary N) is 1. The van der Waals surface area contributed by atoms with Crippen LogP contribution >= 0.6 is 0 Å². The van der Waals surface area contributed by atoms with Crippen LogP contribution in [0, 0.1) is 5.41 Å². The van der Waals surface area contributed by atoms with E-state index in [2.05, 4.69) is 9.97 Å². The number of hydrogen-bond acceptors (Lipinski definition) is 2. The molecule has 3 N–H and O–H groups in total. The highest BCUT2D eigenvalue weighted by atomic mass is 19.4. The lowest BCUT2D eigenvalue weighted by Crippen LogP contribution is -2.27. The Balaban J connectivity index is 2.95. The Morgan fingerprint density at radius 3 is 2.20 bits per heavy atom. The summed E-state index contributed by atoms with van der Waals surface area (Å²) >= 11 is 0. The van der Waals surface area contributed by atoms with Gasteiger partial charge in [-0.2, -0.15) is 13.2 Å². The normalized spacial score (nSPS) is 15.4. The van der Waals surface area contributed by atoms with E-state index in [0.29, 0.717) is 0 Å². The van der Waals surface area contributed by atoms with Crippen molar-refractivity contribution < 1.29 is 13.2 Å². The molecule has 6 heteroatoms. The highest BCUT2D eigenvalue weighted by molar-refractivity contribution is 5.09. The standard InChI is InChI=1S/C9H14F3N3/c1-8(2,3)6(13)7-14-4-5(15-7)9(10,11)12/h4,6H,13H2,1-3H3,(H,14,15)/t6-/m1/s1. The average molecular weight is 221 g/mol. The van der Waals surface area contributed by atoms with Crippen LogP contribution in [-0.2, 0) is 6.18 Å². The molecular weight excluding hydrogens is 207 g/mol. The minimum atomic E-state index is -4.40. The quantitative estimate of drug-likeness (QED) is 0.765. The summed E-state index contributed by atoms with van der Waals surface area (Å²) in [6.45, 7) is 5.52. The monoisotopic (exact) mass is 221 g/mol. The van der Waals surface area contributed by atoms with Crippen LogP contribution in [0.4, 0.5) is 13.2 Å². The molecule has 0 amide bonds. The van der Waals surface area contributed by atoms with Crippen molar-refractivity contribution in [3.8, 4) is 0 Å². The number of imidazole rings is 1. The van der Waals surface area contributed by atoms with Gasteiger partial charge in [-0.15, -0.1) is 0 Å². The van der Waals surface area contributed by atoms with E-state index >= 15 is 0 Å². The molecule has 15 heavy (non-hydrogen) atoms. The van der Waals surface area contributed by atoms with Crippen LogP contribution in [0.5, 0.6) is 0 Å². The molecule has 0 aliphatic rings. The molecule has 0 aromatic carbocycles. The summed E-state index contributed by atoms with van der Waals surface area (Å²) in [7, 11) is 0. The van der Waals surface area contributed by atoms with Crippen LogP contribution in [0.2, 0.25) is 0 Å². The molecule has 1 aromatic rings. The van der Waals surface area contributed by atoms with Gasteiger partial charge in [-0.3, -0.25) is 0 Å². The summed E-state index contributed by atoms with van der Waals surface area (Å²) in [5.74, 6) is 0.162. The van der Waals surface area contributed by atoms with Crippen molar-refractivity contribution >= 4 is 0 Å². The molecule has 1 rings (SSSR count). The van der Waals surface area contributed by atoms with Gasteiger partial charge in [0.05, 0.1) is 12.2 Å². The highest BCUT2D eigenvalue weighted by Crippen LogP contribution is 2.32. The summed E-state index contributed by atoms with van der Waals surface area (Å²) in [6, 6.07) is -0.548. The van der Waals surface area contributed by atoms with Crippen molar-refractivity contribution in [2.24, 2.45) is 11.1 Å². The predicted octanol–water partition coefficient (Wildman–Crippen LogP) is 2.47. The van der Waals surface area contributed by atoms with Gasteiger partial charge in [0, 0.05) is 0 Å². The Hall–Kier alpha value is -1.04. The molecule has 3 nitrogen and oxygen atoms in total. The molecule has 0 spiro atoms. The minimum absolute atomic E-state index is 0.162. The zero-order valence-electron chi connectivity index (χ0n) is 8.81. The van der Waals surface area contributed by atoms with Crippen LogP contribution in [0.3, 0.4) is 0 Å². The van der Waals surface area contributed by atoms with E-state index in [-0.39, 0.29) is 11.2 Å². The van der Waals surface area contributed by atoms with Crippen molar-refractivity contribution in [3.63, 3.8) is 0 Å². The van der Waals surface area contributed by atoms with Crippen LogP contribution in [0.25, 0.3) is 0 Å². The van der Waals surface area contributed by atoms with E-state index < -0.39 is 17.9 Å². The first-order chi connectivity index (χ1) is 6.62. The molecule has 0 saturated heterocycles. The number of H-pyrrole nitrogens is 1. The third kappa shape index (κ3) is 2.71. The van der Waals surface area contributed by atoms with Gasteiger partial charge in [-0.25, -0.2) is 4.98 Å². The second kappa shape index (κ2) is 3.52. The van der Waals surface area contributed by atoms with Gasteiger partial charge in [0.25, 0.3) is 0 Å². The maximum absolute atomic E-state index is 12.2. The number of aromatic amines is 1. The van der Waals surface area contributed by atoms with Crippen molar-refractivity contribution in [2.45, 2.75) is 33.0 Å². The van der Waals surface area contributed by atoms with Crippen LogP contribution in [0.15, 0.2) is 6.20 Å². The van der Waals surface area contributed by atoms with Crippen molar-refractivity contribution in [3.05, 3.63) is 17.7 Å². The number of aromatic nitrogens is 2. The van der Waals surface area contributed by atoms with Gasteiger partial charge < -0.3 is 10.7 Å². The van der Waals surface area contributed by atoms with Gasteiger partial charge in [-0.1, -0.05) is 20.8 Å². The fraction of sp³-hybridized carbons (Fsp3) is 0.667. The van der Waals surface area contributed by atoms with Crippen molar-refractivity contribution in [1.82, 2.24) is 9.97 Å². The smallest absolute Gasteiger partial charge is 0.337 e. The molecule has 1 aromatic heterocycles. The zero-order valence-corrected chi connectivity index (χ0v) is 8.81. The van der Waals surface area contributed by atoms with Gasteiger partial charge in [0.2, 0.25) is 0 Å². The van der Waals surface area contributed by atoms with E-state index in [0.717, 1.165) is 6.20 Å².